The van der Waals surface area contributed by atoms with Crippen molar-refractivity contribution in [2.45, 2.75) is 13.0 Å². The topological polar surface area (TPSA) is 76.5 Å². The van der Waals surface area contributed by atoms with Crippen molar-refractivity contribution in [1.82, 2.24) is 14.9 Å². The average molecular weight is 353 g/mol. The molecule has 1 atom stereocenters. The predicted octanol–water partition coefficient (Wildman–Crippen LogP) is 2.13. The summed E-state index contributed by atoms with van der Waals surface area (Å²) < 4.78 is 21.0. The summed E-state index contributed by atoms with van der Waals surface area (Å²) in [5.74, 6) is -0.737. The van der Waals surface area contributed by atoms with Crippen molar-refractivity contribution in [2.75, 3.05) is 18.0 Å². The van der Waals surface area contributed by atoms with E-state index in [9.17, 15) is 14.0 Å². The van der Waals surface area contributed by atoms with Gasteiger partial charge >= 0.3 is 6.09 Å². The summed E-state index contributed by atoms with van der Waals surface area (Å²) in [7, 11) is 0. The number of ether oxygens (including phenoxy) is 1. The minimum Gasteiger partial charge on any atom is -0.442 e. The van der Waals surface area contributed by atoms with Crippen LogP contribution >= 0.6 is 11.6 Å². The van der Waals surface area contributed by atoms with Crippen LogP contribution in [0.25, 0.3) is 5.69 Å². The molecule has 1 aromatic heterocycles. The number of carbonyl (C=O) groups is 2. The molecule has 0 aliphatic carbocycles. The van der Waals surface area contributed by atoms with E-state index in [1.54, 1.807) is 6.07 Å². The third-order valence-electron chi connectivity index (χ3n) is 3.52. The van der Waals surface area contributed by atoms with E-state index in [0.29, 0.717) is 5.69 Å². The molecule has 0 radical (unpaired) electrons. The second-order valence-electron chi connectivity index (χ2n) is 5.29. The molecule has 1 saturated heterocycles. The first-order valence-corrected chi connectivity index (χ1v) is 7.54. The molecule has 0 saturated carbocycles. The van der Waals surface area contributed by atoms with Crippen molar-refractivity contribution >= 4 is 29.3 Å². The maximum Gasteiger partial charge on any atom is 0.414 e. The van der Waals surface area contributed by atoms with E-state index in [-0.39, 0.29) is 29.8 Å². The van der Waals surface area contributed by atoms with Gasteiger partial charge in [-0.1, -0.05) is 11.6 Å². The highest BCUT2D eigenvalue weighted by atomic mass is 35.5. The summed E-state index contributed by atoms with van der Waals surface area (Å²) in [4.78, 5) is 28.0. The highest BCUT2D eigenvalue weighted by Crippen LogP contribution is 2.25. The fraction of sp³-hybridized carbons (Fsp3) is 0.267. The third kappa shape index (κ3) is 3.33. The predicted molar refractivity (Wildman–Crippen MR) is 84.8 cm³/mol. The summed E-state index contributed by atoms with van der Waals surface area (Å²) in [5, 5.41) is 2.84. The normalized spacial score (nSPS) is 17.0. The first-order chi connectivity index (χ1) is 11.4. The highest BCUT2D eigenvalue weighted by Gasteiger charge is 2.32. The summed E-state index contributed by atoms with van der Waals surface area (Å²) in [6.07, 6.45) is 1.82. The highest BCUT2D eigenvalue weighted by molar-refractivity contribution is 6.29. The number of rotatable bonds is 4. The number of hydrogen-bond acceptors (Lipinski definition) is 4. The van der Waals surface area contributed by atoms with Crippen LogP contribution in [0.15, 0.2) is 30.7 Å². The number of nitrogens with one attached hydrogen (secondary N) is 1. The lowest BCUT2D eigenvalue weighted by Crippen LogP contribution is -2.33. The molecule has 1 aromatic carbocycles. The molecule has 0 spiro atoms. The van der Waals surface area contributed by atoms with Gasteiger partial charge in [-0.05, 0) is 18.2 Å². The molecule has 1 fully saturated rings. The van der Waals surface area contributed by atoms with Gasteiger partial charge in [-0.15, -0.1) is 0 Å². The molecular weight excluding hydrogens is 339 g/mol. The van der Waals surface area contributed by atoms with Crippen molar-refractivity contribution in [3.05, 3.63) is 41.7 Å². The maximum atomic E-state index is 14.3. The minimum atomic E-state index is -0.580. The second kappa shape index (κ2) is 6.48. The van der Waals surface area contributed by atoms with Gasteiger partial charge in [0.1, 0.15) is 23.4 Å². The number of halogens is 2. The van der Waals surface area contributed by atoms with Gasteiger partial charge in [-0.25, -0.2) is 14.2 Å². The molecule has 2 amide bonds. The molecule has 0 bridgehead atoms. The van der Waals surface area contributed by atoms with E-state index in [1.807, 2.05) is 0 Å². The van der Waals surface area contributed by atoms with Crippen molar-refractivity contribution in [1.29, 1.82) is 0 Å². The number of benzene rings is 1. The Kier molecular flexibility index (Phi) is 4.39. The quantitative estimate of drug-likeness (QED) is 0.914. The largest absolute Gasteiger partial charge is 0.442 e. The molecule has 9 heteroatoms. The molecule has 2 aromatic rings. The first kappa shape index (κ1) is 16.3. The lowest BCUT2D eigenvalue weighted by atomic mass is 10.2. The summed E-state index contributed by atoms with van der Waals surface area (Å²) in [6.45, 7) is 1.82. The molecule has 24 heavy (non-hydrogen) atoms. The Balaban J connectivity index is 1.77. The Morgan fingerprint density at radius 2 is 2.33 bits per heavy atom. The van der Waals surface area contributed by atoms with Gasteiger partial charge in [-0.3, -0.25) is 9.69 Å². The number of cyclic esters (lactones) is 1. The number of nitrogens with zero attached hydrogens (tertiary/aromatic N) is 3. The molecule has 3 rings (SSSR count). The van der Waals surface area contributed by atoms with Gasteiger partial charge in [0.25, 0.3) is 0 Å². The van der Waals surface area contributed by atoms with Gasteiger partial charge in [0, 0.05) is 13.1 Å². The van der Waals surface area contributed by atoms with E-state index in [4.69, 9.17) is 16.3 Å². The number of hydrogen-bond donors (Lipinski definition) is 1. The lowest BCUT2D eigenvalue weighted by molar-refractivity contribution is -0.119. The molecule has 2 heterocycles. The van der Waals surface area contributed by atoms with Crippen LogP contribution in [0, 0.1) is 5.82 Å². The second-order valence-corrected chi connectivity index (χ2v) is 5.68. The molecule has 1 aliphatic heterocycles. The van der Waals surface area contributed by atoms with Crippen molar-refractivity contribution in [3.63, 3.8) is 0 Å². The Labute approximate surface area is 142 Å². The fourth-order valence-corrected chi connectivity index (χ4v) is 2.55. The van der Waals surface area contributed by atoms with Crippen LogP contribution in [0.5, 0.6) is 0 Å². The number of imidazole rings is 1. The zero-order chi connectivity index (χ0) is 17.3. The van der Waals surface area contributed by atoms with Crippen molar-refractivity contribution in [3.8, 4) is 5.69 Å². The Morgan fingerprint density at radius 1 is 1.54 bits per heavy atom. The lowest BCUT2D eigenvalue weighted by Gasteiger charge is -2.14. The summed E-state index contributed by atoms with van der Waals surface area (Å²) in [5.41, 5.74) is 0.637. The maximum absolute atomic E-state index is 14.3. The fourth-order valence-electron chi connectivity index (χ4n) is 2.40. The third-order valence-corrected chi connectivity index (χ3v) is 3.72. The number of anilines is 1. The SMILES string of the molecule is CC(=O)NC[C@H]1CN(c2ccc(-n3cnc(Cl)c3)c(F)c2)C(=O)O1. The molecule has 0 unspecified atom stereocenters. The molecule has 1 N–H and O–H groups in total. The van der Waals surface area contributed by atoms with E-state index in [1.165, 1.54) is 41.0 Å². The Bertz CT molecular complexity index is 795. The summed E-state index contributed by atoms with van der Waals surface area (Å²) in [6, 6.07) is 4.37. The van der Waals surface area contributed by atoms with Crippen LogP contribution in [0.4, 0.5) is 14.9 Å². The van der Waals surface area contributed by atoms with Crippen LogP contribution in [-0.2, 0) is 9.53 Å². The Morgan fingerprint density at radius 3 is 2.96 bits per heavy atom. The van der Waals surface area contributed by atoms with Gasteiger partial charge in [0.15, 0.2) is 0 Å². The zero-order valence-corrected chi connectivity index (χ0v) is 13.5. The monoisotopic (exact) mass is 352 g/mol. The first-order valence-electron chi connectivity index (χ1n) is 7.16. The summed E-state index contributed by atoms with van der Waals surface area (Å²) >= 11 is 5.73. The number of aromatic nitrogens is 2. The van der Waals surface area contributed by atoms with Crippen molar-refractivity contribution < 1.29 is 18.7 Å². The average Bonchev–Trinajstić information content (AvgIpc) is 3.11. The van der Waals surface area contributed by atoms with E-state index < -0.39 is 18.0 Å². The van der Waals surface area contributed by atoms with Crippen LogP contribution in [0.1, 0.15) is 6.92 Å². The van der Waals surface area contributed by atoms with Gasteiger partial charge in [-0.2, -0.15) is 0 Å². The molecule has 126 valence electrons. The van der Waals surface area contributed by atoms with E-state index in [0.717, 1.165) is 0 Å². The zero-order valence-electron chi connectivity index (χ0n) is 12.7. The van der Waals surface area contributed by atoms with E-state index in [2.05, 4.69) is 10.3 Å². The minimum absolute atomic E-state index is 0.209. The van der Waals surface area contributed by atoms with Gasteiger partial charge in [0.2, 0.25) is 5.91 Å². The molecular formula is C15H14ClFN4O3. The van der Waals surface area contributed by atoms with Crippen LogP contribution in [-0.4, -0.2) is 40.7 Å². The number of carbonyl (C=O) groups excluding carboxylic acids is 2. The smallest absolute Gasteiger partial charge is 0.414 e. The van der Waals surface area contributed by atoms with Gasteiger partial charge < -0.3 is 14.6 Å². The van der Waals surface area contributed by atoms with Crippen LogP contribution < -0.4 is 10.2 Å². The van der Waals surface area contributed by atoms with E-state index >= 15 is 0 Å². The van der Waals surface area contributed by atoms with Crippen molar-refractivity contribution in [2.24, 2.45) is 0 Å². The Hall–Kier alpha value is -2.61. The number of amides is 2. The molecule has 1 aliphatic rings. The van der Waals surface area contributed by atoms with Gasteiger partial charge in [0.05, 0.1) is 24.5 Å². The standard InChI is InChI=1S/C15H14ClFN4O3/c1-9(22)18-5-11-6-21(15(23)24-11)10-2-3-13(12(17)4-10)20-7-14(16)19-8-20/h2-4,7-8,11H,5-6H2,1H3,(H,18,22)/t11-/m0/s1. The van der Waals surface area contributed by atoms with Crippen LogP contribution in [0.2, 0.25) is 5.15 Å². The molecule has 7 nitrogen and oxygen atoms in total. The van der Waals surface area contributed by atoms with Crippen LogP contribution in [0.3, 0.4) is 0 Å².